The van der Waals surface area contributed by atoms with E-state index >= 15 is 0 Å². The molecule has 1 amide bonds. The molecule has 0 unspecified atom stereocenters. The third-order valence-electron chi connectivity index (χ3n) is 2.86. The first-order valence-electron chi connectivity index (χ1n) is 6.09. The molecule has 0 fully saturated rings. The molecule has 2 rings (SSSR count). The Bertz CT molecular complexity index is 821. The number of amides is 1. The summed E-state index contributed by atoms with van der Waals surface area (Å²) < 4.78 is 28.0. The predicted molar refractivity (Wildman–Crippen MR) is 83.8 cm³/mol. The fourth-order valence-electron chi connectivity index (χ4n) is 1.81. The number of primary sulfonamides is 1. The number of sulfonamides is 1. The second-order valence-electron chi connectivity index (χ2n) is 4.34. The van der Waals surface area contributed by atoms with Crippen molar-refractivity contribution in [2.24, 2.45) is 5.14 Å². The van der Waals surface area contributed by atoms with Gasteiger partial charge in [0.1, 0.15) is 10.6 Å². The Kier molecular flexibility index (Phi) is 4.70. The topological polar surface area (TPSA) is 98.5 Å². The lowest BCUT2D eigenvalue weighted by Crippen LogP contribution is -2.16. The zero-order valence-electron chi connectivity index (χ0n) is 11.5. The van der Waals surface area contributed by atoms with Crippen molar-refractivity contribution >= 4 is 33.2 Å². The number of ether oxygens (including phenoxy) is 1. The Balaban J connectivity index is 2.35. The molecule has 0 aliphatic carbocycles. The lowest BCUT2D eigenvalue weighted by molar-refractivity contribution is 0.102. The van der Waals surface area contributed by atoms with Crippen LogP contribution in [-0.2, 0) is 10.0 Å². The maximum absolute atomic E-state index is 12.2. The molecule has 0 aromatic heterocycles. The number of methoxy groups -OCH3 is 1. The summed E-state index contributed by atoms with van der Waals surface area (Å²) in [4.78, 5) is 11.9. The number of nitrogens with one attached hydrogen (secondary N) is 1. The number of carbonyl (C=O) groups excluding carboxylic acids is 1. The van der Waals surface area contributed by atoms with Crippen LogP contribution >= 0.6 is 11.6 Å². The predicted octanol–water partition coefficient (Wildman–Crippen LogP) is 2.25. The van der Waals surface area contributed by atoms with Crippen molar-refractivity contribution < 1.29 is 17.9 Å². The van der Waals surface area contributed by atoms with Crippen molar-refractivity contribution in [3.63, 3.8) is 0 Å². The highest BCUT2D eigenvalue weighted by Crippen LogP contribution is 2.25. The molecule has 0 saturated heterocycles. The quantitative estimate of drug-likeness (QED) is 0.891. The summed E-state index contributed by atoms with van der Waals surface area (Å²) in [6.45, 7) is 0. The van der Waals surface area contributed by atoms with E-state index in [2.05, 4.69) is 5.32 Å². The van der Waals surface area contributed by atoms with Gasteiger partial charge >= 0.3 is 0 Å². The maximum atomic E-state index is 12.2. The number of rotatable bonds is 4. The first kappa shape index (κ1) is 16.3. The lowest BCUT2D eigenvalue weighted by Gasteiger charge is -2.10. The molecule has 0 bridgehead atoms. The van der Waals surface area contributed by atoms with E-state index in [1.54, 1.807) is 24.3 Å². The molecule has 116 valence electrons. The molecule has 6 nitrogen and oxygen atoms in total. The summed E-state index contributed by atoms with van der Waals surface area (Å²) in [6.07, 6.45) is 0. The van der Waals surface area contributed by atoms with Crippen LogP contribution < -0.4 is 15.2 Å². The van der Waals surface area contributed by atoms with Gasteiger partial charge in [0.2, 0.25) is 10.0 Å². The van der Waals surface area contributed by atoms with Crippen LogP contribution in [0.25, 0.3) is 0 Å². The molecule has 0 spiro atoms. The Labute approximate surface area is 132 Å². The first-order valence-corrected chi connectivity index (χ1v) is 8.02. The van der Waals surface area contributed by atoms with E-state index in [0.29, 0.717) is 11.4 Å². The van der Waals surface area contributed by atoms with Gasteiger partial charge in [-0.3, -0.25) is 4.79 Å². The minimum Gasteiger partial charge on any atom is -0.495 e. The van der Waals surface area contributed by atoms with E-state index in [4.69, 9.17) is 21.5 Å². The molecule has 0 radical (unpaired) electrons. The molecule has 0 heterocycles. The molecule has 0 aliphatic rings. The second-order valence-corrected chi connectivity index (χ2v) is 6.28. The minimum absolute atomic E-state index is 0.0451. The standard InChI is InChI=1S/C14H13ClN2O4S/c1-21-12-5-3-2-4-11(12)17-14(18)9-6-7-10(15)13(8-9)22(16,19)20/h2-8H,1H3,(H,17,18)(H2,16,19,20). The van der Waals surface area contributed by atoms with Gasteiger partial charge in [0.25, 0.3) is 5.91 Å². The van der Waals surface area contributed by atoms with Crippen molar-refractivity contribution in [3.05, 3.63) is 53.1 Å². The fourth-order valence-corrected chi connectivity index (χ4v) is 2.88. The average Bonchev–Trinajstić information content (AvgIpc) is 2.47. The van der Waals surface area contributed by atoms with Gasteiger partial charge in [-0.2, -0.15) is 0 Å². The summed E-state index contributed by atoms with van der Waals surface area (Å²) in [6, 6.07) is 10.7. The van der Waals surface area contributed by atoms with Crippen molar-refractivity contribution in [1.29, 1.82) is 0 Å². The fraction of sp³-hybridized carbons (Fsp3) is 0.0714. The van der Waals surface area contributed by atoms with Crippen LogP contribution in [0.3, 0.4) is 0 Å². The highest BCUT2D eigenvalue weighted by Gasteiger charge is 2.17. The molecule has 22 heavy (non-hydrogen) atoms. The summed E-state index contributed by atoms with van der Waals surface area (Å²) in [7, 11) is -2.53. The van der Waals surface area contributed by atoms with E-state index in [9.17, 15) is 13.2 Å². The molecule has 2 aromatic rings. The highest BCUT2D eigenvalue weighted by molar-refractivity contribution is 7.89. The number of halogens is 1. The Hall–Kier alpha value is -2.09. The van der Waals surface area contributed by atoms with E-state index in [1.165, 1.54) is 19.2 Å². The molecule has 0 atom stereocenters. The van der Waals surface area contributed by atoms with Gasteiger partial charge in [0.05, 0.1) is 17.8 Å². The third kappa shape index (κ3) is 3.56. The summed E-state index contributed by atoms with van der Waals surface area (Å²) in [5, 5.41) is 7.65. The van der Waals surface area contributed by atoms with Gasteiger partial charge in [-0.05, 0) is 30.3 Å². The Morgan fingerprint density at radius 2 is 1.91 bits per heavy atom. The smallest absolute Gasteiger partial charge is 0.255 e. The van der Waals surface area contributed by atoms with Crippen LogP contribution in [0.4, 0.5) is 5.69 Å². The number of benzene rings is 2. The Morgan fingerprint density at radius 1 is 1.23 bits per heavy atom. The zero-order valence-corrected chi connectivity index (χ0v) is 13.1. The molecule has 0 saturated carbocycles. The largest absolute Gasteiger partial charge is 0.495 e. The van der Waals surface area contributed by atoms with Gasteiger partial charge in [-0.1, -0.05) is 23.7 Å². The van der Waals surface area contributed by atoms with Gasteiger partial charge < -0.3 is 10.1 Å². The van der Waals surface area contributed by atoms with E-state index in [-0.39, 0.29) is 15.5 Å². The number of carbonyl (C=O) groups is 1. The molecule has 8 heteroatoms. The van der Waals surface area contributed by atoms with Gasteiger partial charge in [-0.25, -0.2) is 13.6 Å². The number of hydrogen-bond donors (Lipinski definition) is 2. The summed E-state index contributed by atoms with van der Waals surface area (Å²) in [5.41, 5.74) is 0.571. The van der Waals surface area contributed by atoms with Crippen molar-refractivity contribution in [2.45, 2.75) is 4.90 Å². The average molecular weight is 341 g/mol. The van der Waals surface area contributed by atoms with Crippen LogP contribution in [0.2, 0.25) is 5.02 Å². The number of anilines is 1. The van der Waals surface area contributed by atoms with E-state index in [0.717, 1.165) is 6.07 Å². The molecule has 3 N–H and O–H groups in total. The monoisotopic (exact) mass is 340 g/mol. The van der Waals surface area contributed by atoms with Crippen LogP contribution in [0.1, 0.15) is 10.4 Å². The summed E-state index contributed by atoms with van der Waals surface area (Å²) >= 11 is 5.78. The summed E-state index contributed by atoms with van der Waals surface area (Å²) in [5.74, 6) is -0.0254. The number of hydrogen-bond acceptors (Lipinski definition) is 4. The van der Waals surface area contributed by atoms with E-state index in [1.807, 2.05) is 0 Å². The number of para-hydroxylation sites is 2. The van der Waals surface area contributed by atoms with Crippen molar-refractivity contribution in [2.75, 3.05) is 12.4 Å². The third-order valence-corrected chi connectivity index (χ3v) is 4.25. The maximum Gasteiger partial charge on any atom is 0.255 e. The first-order chi connectivity index (χ1) is 10.3. The SMILES string of the molecule is COc1ccccc1NC(=O)c1ccc(Cl)c(S(N)(=O)=O)c1. The molecule has 2 aromatic carbocycles. The normalized spacial score (nSPS) is 11.0. The van der Waals surface area contributed by atoms with Gasteiger partial charge in [-0.15, -0.1) is 0 Å². The minimum atomic E-state index is -4.01. The van der Waals surface area contributed by atoms with Crippen molar-refractivity contribution in [3.8, 4) is 5.75 Å². The molecule has 0 aliphatic heterocycles. The van der Waals surface area contributed by atoms with Crippen LogP contribution in [0.5, 0.6) is 5.75 Å². The van der Waals surface area contributed by atoms with Crippen LogP contribution in [-0.4, -0.2) is 21.4 Å². The Morgan fingerprint density at radius 3 is 2.55 bits per heavy atom. The molecular weight excluding hydrogens is 328 g/mol. The van der Waals surface area contributed by atoms with E-state index < -0.39 is 15.9 Å². The van der Waals surface area contributed by atoms with Gasteiger partial charge in [0.15, 0.2) is 0 Å². The van der Waals surface area contributed by atoms with Crippen LogP contribution in [0, 0.1) is 0 Å². The zero-order chi connectivity index (χ0) is 16.3. The van der Waals surface area contributed by atoms with Gasteiger partial charge in [0, 0.05) is 5.56 Å². The molecular formula is C14H13ClN2O4S. The highest BCUT2D eigenvalue weighted by atomic mass is 35.5. The number of nitrogens with two attached hydrogens (primary N) is 1. The lowest BCUT2D eigenvalue weighted by atomic mass is 10.2. The van der Waals surface area contributed by atoms with Crippen molar-refractivity contribution in [1.82, 2.24) is 0 Å². The van der Waals surface area contributed by atoms with Crippen LogP contribution in [0.15, 0.2) is 47.4 Å². The second kappa shape index (κ2) is 6.35.